The molecule has 1 aliphatic heterocycles. The fourth-order valence-corrected chi connectivity index (χ4v) is 4.58. The molecule has 1 amide bonds. The Bertz CT molecular complexity index is 705. The molecule has 24 heavy (non-hydrogen) atoms. The molecule has 0 aliphatic carbocycles. The second kappa shape index (κ2) is 7.66. The minimum atomic E-state index is -3.16. The van der Waals surface area contributed by atoms with Gasteiger partial charge in [0, 0.05) is 26.2 Å². The molecule has 134 valence electrons. The van der Waals surface area contributed by atoms with Crippen LogP contribution in [-0.2, 0) is 21.2 Å². The molecule has 0 bridgehead atoms. The summed E-state index contributed by atoms with van der Waals surface area (Å²) >= 11 is 0. The van der Waals surface area contributed by atoms with Crippen LogP contribution in [0.2, 0.25) is 0 Å². The number of hydrogen-bond acceptors (Lipinski definition) is 3. The molecule has 1 saturated heterocycles. The third-order valence-electron chi connectivity index (χ3n) is 4.74. The average Bonchev–Trinajstić information content (AvgIpc) is 2.52. The number of nitrogens with zero attached hydrogens (tertiary/aromatic N) is 2. The van der Waals surface area contributed by atoms with E-state index in [4.69, 9.17) is 0 Å². The van der Waals surface area contributed by atoms with E-state index >= 15 is 0 Å². The molecule has 1 heterocycles. The first-order valence-corrected chi connectivity index (χ1v) is 10.2. The molecule has 2 rings (SSSR count). The Hall–Kier alpha value is -1.40. The zero-order valence-electron chi connectivity index (χ0n) is 15.1. The Kier molecular flexibility index (Phi) is 6.04. The van der Waals surface area contributed by atoms with Crippen LogP contribution in [0.25, 0.3) is 0 Å². The Labute approximate surface area is 145 Å². The highest BCUT2D eigenvalue weighted by atomic mass is 32.2. The minimum Gasteiger partial charge on any atom is -0.340 e. The molecule has 1 aliphatic rings. The first kappa shape index (κ1) is 18.9. The van der Waals surface area contributed by atoms with E-state index in [1.54, 1.807) is 4.90 Å². The second-order valence-corrected chi connectivity index (χ2v) is 8.72. The van der Waals surface area contributed by atoms with Gasteiger partial charge in [0.25, 0.3) is 0 Å². The molecule has 0 spiro atoms. The molecular weight excluding hydrogens is 324 g/mol. The third kappa shape index (κ3) is 4.36. The predicted octanol–water partition coefficient (Wildman–Crippen LogP) is 2.04. The quantitative estimate of drug-likeness (QED) is 0.815. The van der Waals surface area contributed by atoms with E-state index < -0.39 is 10.0 Å². The van der Waals surface area contributed by atoms with Gasteiger partial charge in [-0.15, -0.1) is 0 Å². The summed E-state index contributed by atoms with van der Waals surface area (Å²) in [6.45, 7) is 9.79. The summed E-state index contributed by atoms with van der Waals surface area (Å²) in [4.78, 5) is 14.3. The summed E-state index contributed by atoms with van der Waals surface area (Å²) in [6, 6.07) is 4.21. The van der Waals surface area contributed by atoms with Crippen LogP contribution in [0.5, 0.6) is 0 Å². The second-order valence-electron chi connectivity index (χ2n) is 6.64. The molecule has 0 saturated carbocycles. The number of rotatable bonds is 5. The lowest BCUT2D eigenvalue weighted by molar-refractivity contribution is -0.131. The molecule has 1 fully saturated rings. The van der Waals surface area contributed by atoms with Gasteiger partial charge >= 0.3 is 0 Å². The molecular formula is C18H28N2O3S. The lowest BCUT2D eigenvalue weighted by Gasteiger charge is -2.34. The highest BCUT2D eigenvalue weighted by molar-refractivity contribution is 7.89. The molecule has 0 atom stereocenters. The van der Waals surface area contributed by atoms with Crippen molar-refractivity contribution < 1.29 is 13.2 Å². The van der Waals surface area contributed by atoms with Gasteiger partial charge in [-0.05, 0) is 49.4 Å². The summed E-state index contributed by atoms with van der Waals surface area (Å²) in [6.07, 6.45) is 1.00. The first-order chi connectivity index (χ1) is 11.2. The van der Waals surface area contributed by atoms with E-state index in [-0.39, 0.29) is 11.7 Å². The van der Waals surface area contributed by atoms with E-state index in [1.165, 1.54) is 15.4 Å². The van der Waals surface area contributed by atoms with Gasteiger partial charge in [0.05, 0.1) is 12.2 Å². The number of carbonyl (C=O) groups is 1. The minimum absolute atomic E-state index is 0.0777. The summed E-state index contributed by atoms with van der Waals surface area (Å²) < 4.78 is 25.7. The molecule has 0 aromatic heterocycles. The lowest BCUT2D eigenvalue weighted by Crippen LogP contribution is -2.51. The Balaban J connectivity index is 1.98. The normalized spacial score (nSPS) is 16.4. The maximum absolute atomic E-state index is 12.6. The number of amides is 1. The van der Waals surface area contributed by atoms with Crippen molar-refractivity contribution in [2.75, 3.05) is 31.9 Å². The monoisotopic (exact) mass is 352 g/mol. The van der Waals surface area contributed by atoms with Gasteiger partial charge < -0.3 is 4.90 Å². The molecule has 5 nitrogen and oxygen atoms in total. The van der Waals surface area contributed by atoms with Crippen LogP contribution in [0.15, 0.2) is 12.1 Å². The summed E-state index contributed by atoms with van der Waals surface area (Å²) in [5, 5.41) is 0. The van der Waals surface area contributed by atoms with E-state index in [0.717, 1.165) is 11.1 Å². The maximum atomic E-state index is 12.6. The fraction of sp³-hybridized carbons (Fsp3) is 0.611. The van der Waals surface area contributed by atoms with E-state index in [0.29, 0.717) is 39.0 Å². The first-order valence-electron chi connectivity index (χ1n) is 8.57. The number of carbonyl (C=O) groups excluding carboxylic acids is 1. The van der Waals surface area contributed by atoms with Crippen molar-refractivity contribution in [3.05, 3.63) is 34.4 Å². The van der Waals surface area contributed by atoms with Crippen LogP contribution < -0.4 is 0 Å². The number of hydrogen-bond donors (Lipinski definition) is 0. The molecule has 1 aromatic carbocycles. The number of aryl methyl sites for hydroxylation is 3. The van der Waals surface area contributed by atoms with Crippen LogP contribution in [0.3, 0.4) is 0 Å². The van der Waals surface area contributed by atoms with Gasteiger partial charge in [0.1, 0.15) is 0 Å². The topological polar surface area (TPSA) is 57.7 Å². The predicted molar refractivity (Wildman–Crippen MR) is 96.6 cm³/mol. The Morgan fingerprint density at radius 1 is 1.00 bits per heavy atom. The molecule has 6 heteroatoms. The Morgan fingerprint density at radius 2 is 1.58 bits per heavy atom. The van der Waals surface area contributed by atoms with Crippen LogP contribution >= 0.6 is 0 Å². The summed E-state index contributed by atoms with van der Waals surface area (Å²) in [5.41, 5.74) is 4.62. The molecule has 0 N–H and O–H groups in total. The van der Waals surface area contributed by atoms with Gasteiger partial charge in [-0.1, -0.05) is 19.1 Å². The van der Waals surface area contributed by atoms with Crippen molar-refractivity contribution >= 4 is 15.9 Å². The summed E-state index contributed by atoms with van der Waals surface area (Å²) in [5.74, 6) is 0.261. The van der Waals surface area contributed by atoms with Crippen molar-refractivity contribution in [3.8, 4) is 0 Å². The van der Waals surface area contributed by atoms with Crippen molar-refractivity contribution in [2.45, 2.75) is 40.5 Å². The highest BCUT2D eigenvalue weighted by Gasteiger charge is 2.28. The average molecular weight is 353 g/mol. The van der Waals surface area contributed by atoms with Gasteiger partial charge in [-0.25, -0.2) is 8.42 Å². The van der Waals surface area contributed by atoms with Crippen LogP contribution in [0.1, 0.15) is 35.6 Å². The van der Waals surface area contributed by atoms with Gasteiger partial charge in [0.2, 0.25) is 15.9 Å². The third-order valence-corrected chi connectivity index (χ3v) is 6.82. The van der Waals surface area contributed by atoms with Crippen molar-refractivity contribution in [1.29, 1.82) is 0 Å². The Morgan fingerprint density at radius 3 is 2.17 bits per heavy atom. The largest absolute Gasteiger partial charge is 0.340 e. The number of benzene rings is 1. The van der Waals surface area contributed by atoms with Crippen LogP contribution in [0.4, 0.5) is 0 Å². The standard InChI is InChI=1S/C18H28N2O3S/c1-5-10-24(22,23)20-8-6-19(7-9-20)18(21)13-17-12-15(3)14(2)11-16(17)4/h11-12H,5-10,13H2,1-4H3. The van der Waals surface area contributed by atoms with Crippen molar-refractivity contribution in [1.82, 2.24) is 9.21 Å². The molecule has 1 aromatic rings. The van der Waals surface area contributed by atoms with Gasteiger partial charge in [-0.3, -0.25) is 4.79 Å². The maximum Gasteiger partial charge on any atom is 0.227 e. The van der Waals surface area contributed by atoms with Crippen molar-refractivity contribution in [3.63, 3.8) is 0 Å². The molecule has 0 unspecified atom stereocenters. The smallest absolute Gasteiger partial charge is 0.227 e. The highest BCUT2D eigenvalue weighted by Crippen LogP contribution is 2.17. The zero-order valence-corrected chi connectivity index (χ0v) is 15.9. The lowest BCUT2D eigenvalue weighted by atomic mass is 9.98. The van der Waals surface area contributed by atoms with Gasteiger partial charge in [0.15, 0.2) is 0 Å². The number of piperazine rings is 1. The molecule has 0 radical (unpaired) electrons. The SMILES string of the molecule is CCCS(=O)(=O)N1CCN(C(=O)Cc2cc(C)c(C)cc2C)CC1. The van der Waals surface area contributed by atoms with Crippen molar-refractivity contribution in [2.24, 2.45) is 0 Å². The fourth-order valence-electron chi connectivity index (χ4n) is 3.09. The number of sulfonamides is 1. The van der Waals surface area contributed by atoms with E-state index in [2.05, 4.69) is 26.0 Å². The van der Waals surface area contributed by atoms with Crippen LogP contribution in [-0.4, -0.2) is 55.5 Å². The van der Waals surface area contributed by atoms with Crippen LogP contribution in [0, 0.1) is 20.8 Å². The zero-order chi connectivity index (χ0) is 17.9. The van der Waals surface area contributed by atoms with E-state index in [9.17, 15) is 13.2 Å². The van der Waals surface area contributed by atoms with E-state index in [1.807, 2.05) is 13.8 Å². The van der Waals surface area contributed by atoms with Gasteiger partial charge in [-0.2, -0.15) is 4.31 Å². The summed E-state index contributed by atoms with van der Waals surface area (Å²) in [7, 11) is -3.16.